The van der Waals surface area contributed by atoms with Gasteiger partial charge in [0.05, 0.1) is 0 Å². The Bertz CT molecular complexity index is 856. The Labute approximate surface area is 144 Å². The molecule has 0 saturated carbocycles. The first-order chi connectivity index (χ1) is 11.1. The number of aliphatic carboxylic acids is 1. The zero-order chi connectivity index (χ0) is 16.2. The van der Waals surface area contributed by atoms with Crippen LogP contribution in [0.2, 0.25) is 0 Å². The van der Waals surface area contributed by atoms with Gasteiger partial charge in [-0.3, -0.25) is 0 Å². The predicted octanol–water partition coefficient (Wildman–Crippen LogP) is 3.24. The number of carbonyl (C=O) groups is 1. The van der Waals surface area contributed by atoms with Gasteiger partial charge in [-0.1, -0.05) is 33.2 Å². The van der Waals surface area contributed by atoms with Crippen LogP contribution in [0.5, 0.6) is 0 Å². The van der Waals surface area contributed by atoms with Gasteiger partial charge in [-0.05, 0) is 35.2 Å². The number of aromatic nitrogens is 2. The molecule has 0 amide bonds. The Morgan fingerprint density at radius 1 is 1.39 bits per heavy atom. The van der Waals surface area contributed by atoms with Crippen molar-refractivity contribution in [3.8, 4) is 11.4 Å². The van der Waals surface area contributed by atoms with Crippen LogP contribution in [-0.2, 0) is 4.79 Å². The van der Waals surface area contributed by atoms with Gasteiger partial charge in [-0.2, -0.15) is 16.3 Å². The number of hydrogen-bond donors (Lipinski definition) is 0. The van der Waals surface area contributed by atoms with Crippen molar-refractivity contribution in [3.63, 3.8) is 0 Å². The normalized spacial score (nSPS) is 11.6. The summed E-state index contributed by atoms with van der Waals surface area (Å²) in [6.45, 7) is 0. The van der Waals surface area contributed by atoms with Crippen molar-refractivity contribution in [1.82, 2.24) is 10.1 Å². The Kier molecular flexibility index (Phi) is 4.68. The lowest BCUT2D eigenvalue weighted by atomic mass is 10.1. The van der Waals surface area contributed by atoms with Crippen molar-refractivity contribution in [3.05, 3.63) is 57.0 Å². The van der Waals surface area contributed by atoms with E-state index in [1.54, 1.807) is 6.08 Å². The van der Waals surface area contributed by atoms with Gasteiger partial charge in [0.2, 0.25) is 5.82 Å². The molecule has 1 aromatic carbocycles. The average Bonchev–Trinajstić information content (AvgIpc) is 3.17. The standard InChI is InChI=1S/C16H11BrN2O3S/c17-13-3-1-2-10(7-13)6-12(8-14(20)21)16-18-15(19-22-16)11-4-5-23-9-11/h1-7,9H,8H2,(H,20,21)/p-1/b12-6+. The Morgan fingerprint density at radius 2 is 2.26 bits per heavy atom. The molecule has 0 fully saturated rings. The number of halogens is 1. The Hall–Kier alpha value is -2.25. The molecule has 3 aromatic rings. The summed E-state index contributed by atoms with van der Waals surface area (Å²) in [6, 6.07) is 9.34. The predicted molar refractivity (Wildman–Crippen MR) is 89.2 cm³/mol. The van der Waals surface area contributed by atoms with Crippen LogP contribution in [0.1, 0.15) is 17.9 Å². The first-order valence-corrected chi connectivity index (χ1v) is 8.38. The monoisotopic (exact) mass is 389 g/mol. The zero-order valence-electron chi connectivity index (χ0n) is 11.7. The summed E-state index contributed by atoms with van der Waals surface area (Å²) in [5.41, 5.74) is 2.06. The lowest BCUT2D eigenvalue weighted by molar-refractivity contribution is -0.304. The van der Waals surface area contributed by atoms with Crippen LogP contribution in [0.15, 0.2) is 50.1 Å². The maximum Gasteiger partial charge on any atom is 0.254 e. The molecule has 0 atom stereocenters. The molecular weight excluding hydrogens is 380 g/mol. The molecule has 0 saturated heterocycles. The van der Waals surface area contributed by atoms with Crippen molar-refractivity contribution in [2.24, 2.45) is 0 Å². The number of carboxylic acids is 1. The molecule has 3 rings (SSSR count). The minimum atomic E-state index is -1.21. The highest BCUT2D eigenvalue weighted by atomic mass is 79.9. The third-order valence-electron chi connectivity index (χ3n) is 3.00. The average molecular weight is 390 g/mol. The number of carboxylic acid groups (broad SMARTS) is 1. The molecule has 0 bridgehead atoms. The molecule has 2 heterocycles. The molecule has 0 aliphatic heterocycles. The fourth-order valence-corrected chi connectivity index (χ4v) is 3.06. The lowest BCUT2D eigenvalue weighted by Crippen LogP contribution is -2.22. The van der Waals surface area contributed by atoms with Crippen molar-refractivity contribution in [2.75, 3.05) is 0 Å². The van der Waals surface area contributed by atoms with Crippen LogP contribution < -0.4 is 5.11 Å². The van der Waals surface area contributed by atoms with Crippen LogP contribution in [-0.4, -0.2) is 16.1 Å². The van der Waals surface area contributed by atoms with Gasteiger partial charge >= 0.3 is 0 Å². The first kappa shape index (κ1) is 15.6. The second-order valence-corrected chi connectivity index (χ2v) is 6.40. The van der Waals surface area contributed by atoms with Gasteiger partial charge in [0.15, 0.2) is 0 Å². The SMILES string of the molecule is O=C([O-])C/C(=C\c1cccc(Br)c1)c1nc(-c2ccsc2)no1. The van der Waals surface area contributed by atoms with Crippen LogP contribution in [0.4, 0.5) is 0 Å². The molecule has 0 radical (unpaired) electrons. The third-order valence-corrected chi connectivity index (χ3v) is 4.18. The second kappa shape index (κ2) is 6.89. The van der Waals surface area contributed by atoms with Crippen LogP contribution >= 0.6 is 27.3 Å². The van der Waals surface area contributed by atoms with Crippen molar-refractivity contribution >= 4 is 44.9 Å². The minimum Gasteiger partial charge on any atom is -0.550 e. The van der Waals surface area contributed by atoms with Crippen molar-refractivity contribution in [2.45, 2.75) is 6.42 Å². The quantitative estimate of drug-likeness (QED) is 0.668. The van der Waals surface area contributed by atoms with Gasteiger partial charge < -0.3 is 14.4 Å². The van der Waals surface area contributed by atoms with Crippen molar-refractivity contribution in [1.29, 1.82) is 0 Å². The third kappa shape index (κ3) is 3.94. The fraction of sp³-hybridized carbons (Fsp3) is 0.0625. The van der Waals surface area contributed by atoms with E-state index in [4.69, 9.17) is 4.52 Å². The van der Waals surface area contributed by atoms with E-state index in [-0.39, 0.29) is 12.3 Å². The molecule has 0 spiro atoms. The molecular formula is C16H10BrN2O3S-. The van der Waals surface area contributed by atoms with Crippen LogP contribution in [0.3, 0.4) is 0 Å². The van der Waals surface area contributed by atoms with E-state index in [0.29, 0.717) is 11.4 Å². The minimum absolute atomic E-state index is 0.176. The summed E-state index contributed by atoms with van der Waals surface area (Å²) in [6.07, 6.45) is 1.39. The number of nitrogens with zero attached hydrogens (tertiary/aromatic N) is 2. The van der Waals surface area contributed by atoms with Crippen LogP contribution in [0.25, 0.3) is 23.0 Å². The first-order valence-electron chi connectivity index (χ1n) is 6.64. The van der Waals surface area contributed by atoms with Gasteiger partial charge in [-0.25, -0.2) is 0 Å². The molecule has 5 nitrogen and oxygen atoms in total. The number of thiophene rings is 1. The maximum absolute atomic E-state index is 11.0. The Balaban J connectivity index is 1.98. The lowest BCUT2D eigenvalue weighted by Gasteiger charge is -2.04. The van der Waals surface area contributed by atoms with Gasteiger partial charge in [0.25, 0.3) is 5.89 Å². The molecule has 23 heavy (non-hydrogen) atoms. The van der Waals surface area contributed by atoms with Crippen molar-refractivity contribution < 1.29 is 14.4 Å². The molecule has 2 aromatic heterocycles. The molecule has 0 N–H and O–H groups in total. The summed E-state index contributed by atoms with van der Waals surface area (Å²) in [5, 5.41) is 18.7. The summed E-state index contributed by atoms with van der Waals surface area (Å²) in [5.74, 6) is -0.600. The van der Waals surface area contributed by atoms with E-state index in [9.17, 15) is 9.90 Å². The summed E-state index contributed by atoms with van der Waals surface area (Å²) in [4.78, 5) is 15.3. The van der Waals surface area contributed by atoms with Gasteiger partial charge in [-0.15, -0.1) is 0 Å². The second-order valence-electron chi connectivity index (χ2n) is 4.71. The highest BCUT2D eigenvalue weighted by molar-refractivity contribution is 9.10. The smallest absolute Gasteiger partial charge is 0.254 e. The largest absolute Gasteiger partial charge is 0.550 e. The number of carbonyl (C=O) groups excluding carboxylic acids is 1. The highest BCUT2D eigenvalue weighted by Gasteiger charge is 2.14. The molecule has 116 valence electrons. The zero-order valence-corrected chi connectivity index (χ0v) is 14.1. The summed E-state index contributed by atoms with van der Waals surface area (Å²) >= 11 is 4.90. The molecule has 0 aliphatic rings. The van der Waals surface area contributed by atoms with E-state index in [1.807, 2.05) is 41.1 Å². The summed E-state index contributed by atoms with van der Waals surface area (Å²) in [7, 11) is 0. The fourth-order valence-electron chi connectivity index (χ4n) is 2.00. The summed E-state index contributed by atoms with van der Waals surface area (Å²) < 4.78 is 6.12. The van der Waals surface area contributed by atoms with E-state index < -0.39 is 5.97 Å². The van der Waals surface area contributed by atoms with Crippen LogP contribution in [0, 0.1) is 0 Å². The molecule has 7 heteroatoms. The highest BCUT2D eigenvalue weighted by Crippen LogP contribution is 2.25. The van der Waals surface area contributed by atoms with E-state index in [1.165, 1.54) is 11.3 Å². The van der Waals surface area contributed by atoms with Gasteiger partial charge in [0.1, 0.15) is 0 Å². The number of benzene rings is 1. The van der Waals surface area contributed by atoms with E-state index in [0.717, 1.165) is 15.6 Å². The maximum atomic E-state index is 11.0. The topological polar surface area (TPSA) is 79.0 Å². The Morgan fingerprint density at radius 3 is 2.96 bits per heavy atom. The van der Waals surface area contributed by atoms with Gasteiger partial charge in [0, 0.05) is 33.4 Å². The molecule has 0 unspecified atom stereocenters. The number of hydrogen-bond acceptors (Lipinski definition) is 6. The van der Waals surface area contributed by atoms with E-state index >= 15 is 0 Å². The van der Waals surface area contributed by atoms with E-state index in [2.05, 4.69) is 26.1 Å². The molecule has 0 aliphatic carbocycles. The number of rotatable bonds is 5.